The molecule has 11 aromatic carbocycles. The van der Waals surface area contributed by atoms with Crippen molar-refractivity contribution in [3.05, 3.63) is 283 Å². The minimum Gasteiger partial charge on any atom is -0.456 e. The molecule has 15 rings (SSSR count). The number of furan rings is 1. The fourth-order valence-electron chi connectivity index (χ4n) is 12.1. The van der Waals surface area contributed by atoms with Crippen molar-refractivity contribution in [2.24, 2.45) is 0 Å². The monoisotopic (exact) mass is 941 g/mol. The zero-order valence-electron chi connectivity index (χ0n) is 40.1. The second-order valence-electron chi connectivity index (χ2n) is 19.4. The fraction of sp³-hybridized carbons (Fsp3) is 0.0143. The third-order valence-electron chi connectivity index (χ3n) is 15.4. The van der Waals surface area contributed by atoms with Crippen LogP contribution in [0.2, 0.25) is 0 Å². The number of aromatic nitrogens is 3. The van der Waals surface area contributed by atoms with E-state index in [0.29, 0.717) is 17.5 Å². The van der Waals surface area contributed by atoms with Gasteiger partial charge in [0.25, 0.3) is 0 Å². The van der Waals surface area contributed by atoms with Gasteiger partial charge in [0.2, 0.25) is 0 Å². The molecule has 2 aliphatic rings. The van der Waals surface area contributed by atoms with Crippen LogP contribution in [0.4, 0.5) is 0 Å². The third-order valence-corrected chi connectivity index (χ3v) is 15.4. The highest BCUT2D eigenvalue weighted by Crippen LogP contribution is 2.64. The highest BCUT2D eigenvalue weighted by Gasteiger charge is 2.52. The van der Waals surface area contributed by atoms with E-state index in [0.717, 1.165) is 72.0 Å². The molecule has 0 atom stereocenters. The van der Waals surface area contributed by atoms with Crippen molar-refractivity contribution in [2.45, 2.75) is 5.41 Å². The van der Waals surface area contributed by atoms with Crippen LogP contribution >= 0.6 is 0 Å². The van der Waals surface area contributed by atoms with Crippen LogP contribution in [0.3, 0.4) is 0 Å². The normalized spacial score (nSPS) is 12.7. The molecule has 0 unspecified atom stereocenters. The zero-order valence-corrected chi connectivity index (χ0v) is 40.1. The number of nitrogens with zero attached hydrogens (tertiary/aromatic N) is 3. The minimum atomic E-state index is -0.406. The first-order valence-corrected chi connectivity index (χ1v) is 25.2. The van der Waals surface area contributed by atoms with Crippen LogP contribution in [-0.4, -0.2) is 15.0 Å². The van der Waals surface area contributed by atoms with Crippen LogP contribution in [0.15, 0.2) is 265 Å². The molecule has 4 heteroatoms. The fourth-order valence-corrected chi connectivity index (χ4v) is 12.1. The minimum absolute atomic E-state index is 0.406. The molecule has 0 saturated carbocycles. The first kappa shape index (κ1) is 42.0. The molecule has 0 bridgehead atoms. The van der Waals surface area contributed by atoms with E-state index in [2.05, 4.69) is 237 Å². The van der Waals surface area contributed by atoms with Gasteiger partial charge in [-0.05, 0) is 119 Å². The van der Waals surface area contributed by atoms with E-state index in [9.17, 15) is 0 Å². The smallest absolute Gasteiger partial charge is 0.164 e. The summed E-state index contributed by atoms with van der Waals surface area (Å²) in [6.45, 7) is 0. The Kier molecular flexibility index (Phi) is 9.45. The molecule has 13 aromatic rings. The predicted octanol–water partition coefficient (Wildman–Crippen LogP) is 17.8. The van der Waals surface area contributed by atoms with Gasteiger partial charge in [0.15, 0.2) is 17.5 Å². The van der Waals surface area contributed by atoms with Gasteiger partial charge in [0.05, 0.1) is 5.41 Å². The maximum atomic E-state index is 6.66. The van der Waals surface area contributed by atoms with Crippen LogP contribution in [0, 0.1) is 0 Å². The van der Waals surface area contributed by atoms with Crippen molar-refractivity contribution in [1.29, 1.82) is 0 Å². The molecule has 2 heterocycles. The van der Waals surface area contributed by atoms with Crippen molar-refractivity contribution in [3.63, 3.8) is 0 Å². The summed E-state index contributed by atoms with van der Waals surface area (Å²) in [6.07, 6.45) is 0. The molecule has 0 fully saturated rings. The van der Waals surface area contributed by atoms with Crippen LogP contribution in [0.25, 0.3) is 123 Å². The maximum Gasteiger partial charge on any atom is 0.164 e. The van der Waals surface area contributed by atoms with E-state index >= 15 is 0 Å². The standard InChI is InChI=1S/C70H43N3O/c1-3-17-44(18-4-1)46-35-37-47(38-36-46)67-71-68(52-24-14-21-48(42-52)45-19-5-2-6-20-45)73-69(72-67)57-29-16-34-64-66(57)58-43-50(39-40-63(58)74-64)49-22-13-23-51(41-49)53-28-15-33-62-65(53)56-27-9-12-32-61(56)70(62)59-30-10-7-25-54(59)55-26-8-11-31-60(55)70/h1-43H. The van der Waals surface area contributed by atoms with E-state index in [1.54, 1.807) is 0 Å². The molecule has 344 valence electrons. The van der Waals surface area contributed by atoms with Crippen LogP contribution < -0.4 is 0 Å². The Labute approximate surface area is 428 Å². The van der Waals surface area contributed by atoms with Crippen LogP contribution in [-0.2, 0) is 5.41 Å². The lowest BCUT2D eigenvalue weighted by Crippen LogP contribution is -2.25. The van der Waals surface area contributed by atoms with Crippen molar-refractivity contribution >= 4 is 21.9 Å². The summed E-state index contributed by atoms with van der Waals surface area (Å²) in [5.74, 6) is 1.77. The number of benzene rings is 11. The van der Waals surface area contributed by atoms with E-state index in [-0.39, 0.29) is 0 Å². The Hall–Kier alpha value is -9.77. The Bertz CT molecular complexity index is 4320. The molecule has 0 aliphatic heterocycles. The highest BCUT2D eigenvalue weighted by molar-refractivity contribution is 6.13. The van der Waals surface area contributed by atoms with Gasteiger partial charge in [0, 0.05) is 27.5 Å². The summed E-state index contributed by atoms with van der Waals surface area (Å²) in [7, 11) is 0. The summed E-state index contributed by atoms with van der Waals surface area (Å²) < 4.78 is 6.66. The van der Waals surface area contributed by atoms with Gasteiger partial charge in [-0.25, -0.2) is 15.0 Å². The second kappa shape index (κ2) is 16.7. The molecule has 0 N–H and O–H groups in total. The number of rotatable bonds is 7. The molecule has 1 spiro atoms. The van der Waals surface area contributed by atoms with Crippen LogP contribution in [0.1, 0.15) is 22.3 Å². The number of hydrogen-bond donors (Lipinski definition) is 0. The second-order valence-corrected chi connectivity index (χ2v) is 19.4. The lowest BCUT2D eigenvalue weighted by Gasteiger charge is -2.30. The van der Waals surface area contributed by atoms with Crippen molar-refractivity contribution in [1.82, 2.24) is 15.0 Å². The summed E-state index contributed by atoms with van der Waals surface area (Å²) in [6, 6.07) is 93.4. The van der Waals surface area contributed by atoms with E-state index in [1.807, 2.05) is 24.3 Å². The molecule has 0 saturated heterocycles. The lowest BCUT2D eigenvalue weighted by atomic mass is 9.70. The Balaban J connectivity index is 0.865. The first-order valence-electron chi connectivity index (χ1n) is 25.2. The topological polar surface area (TPSA) is 51.8 Å². The summed E-state index contributed by atoms with van der Waals surface area (Å²) in [5.41, 5.74) is 23.5. The largest absolute Gasteiger partial charge is 0.456 e. The average molecular weight is 942 g/mol. The molecule has 2 aromatic heterocycles. The summed E-state index contributed by atoms with van der Waals surface area (Å²) in [4.78, 5) is 15.8. The molecular formula is C70H43N3O. The summed E-state index contributed by atoms with van der Waals surface area (Å²) >= 11 is 0. The SMILES string of the molecule is c1ccc(-c2ccc(-c3nc(-c4cccc(-c5ccccc5)c4)nc(-c4cccc5oc6ccc(-c7cccc(-c8cccc9c8-c8ccccc8C98c9ccccc9-c9ccccc98)c7)cc6c45)n3)cc2)cc1. The Morgan fingerprint density at radius 1 is 0.257 bits per heavy atom. The molecule has 74 heavy (non-hydrogen) atoms. The quantitative estimate of drug-likeness (QED) is 0.160. The number of fused-ring (bicyclic) bond motifs is 13. The maximum absolute atomic E-state index is 6.66. The first-order chi connectivity index (χ1) is 36.7. The van der Waals surface area contributed by atoms with Crippen LogP contribution in [0.5, 0.6) is 0 Å². The molecule has 0 radical (unpaired) electrons. The molecule has 2 aliphatic carbocycles. The van der Waals surface area contributed by atoms with Gasteiger partial charge in [-0.2, -0.15) is 0 Å². The zero-order chi connectivity index (χ0) is 48.7. The van der Waals surface area contributed by atoms with Gasteiger partial charge < -0.3 is 4.42 Å². The van der Waals surface area contributed by atoms with Gasteiger partial charge in [-0.1, -0.05) is 231 Å². The van der Waals surface area contributed by atoms with Crippen molar-refractivity contribution < 1.29 is 4.42 Å². The van der Waals surface area contributed by atoms with Crippen molar-refractivity contribution in [2.75, 3.05) is 0 Å². The molecular weight excluding hydrogens is 899 g/mol. The molecule has 0 amide bonds. The summed E-state index contributed by atoms with van der Waals surface area (Å²) in [5, 5.41) is 1.95. The lowest BCUT2D eigenvalue weighted by molar-refractivity contribution is 0.669. The Morgan fingerprint density at radius 3 is 1.41 bits per heavy atom. The van der Waals surface area contributed by atoms with Gasteiger partial charge in [-0.15, -0.1) is 0 Å². The van der Waals surface area contributed by atoms with Gasteiger partial charge >= 0.3 is 0 Å². The number of hydrogen-bond acceptors (Lipinski definition) is 4. The Morgan fingerprint density at radius 2 is 0.689 bits per heavy atom. The van der Waals surface area contributed by atoms with Gasteiger partial charge in [-0.3, -0.25) is 0 Å². The average Bonchev–Trinajstić information content (AvgIpc) is 4.20. The van der Waals surface area contributed by atoms with E-state index in [1.165, 1.54) is 55.6 Å². The third kappa shape index (κ3) is 6.45. The molecule has 4 nitrogen and oxygen atoms in total. The highest BCUT2D eigenvalue weighted by atomic mass is 16.3. The van der Waals surface area contributed by atoms with E-state index < -0.39 is 5.41 Å². The van der Waals surface area contributed by atoms with Crippen molar-refractivity contribution in [3.8, 4) is 101 Å². The van der Waals surface area contributed by atoms with Gasteiger partial charge in [0.1, 0.15) is 11.2 Å². The predicted molar refractivity (Wildman–Crippen MR) is 301 cm³/mol. The van der Waals surface area contributed by atoms with E-state index in [4.69, 9.17) is 19.4 Å².